The van der Waals surface area contributed by atoms with Crippen LogP contribution >= 0.6 is 0 Å². The molecule has 6 nitrogen and oxygen atoms in total. The van der Waals surface area contributed by atoms with Crippen molar-refractivity contribution in [2.24, 2.45) is 5.92 Å². The Morgan fingerprint density at radius 1 is 1.15 bits per heavy atom. The van der Waals surface area contributed by atoms with Gasteiger partial charge in [0.15, 0.2) is 0 Å². The van der Waals surface area contributed by atoms with E-state index < -0.39 is 11.9 Å². The van der Waals surface area contributed by atoms with Crippen molar-refractivity contribution in [3.05, 3.63) is 59.2 Å². The van der Waals surface area contributed by atoms with Crippen molar-refractivity contribution in [3.63, 3.8) is 0 Å². The van der Waals surface area contributed by atoms with E-state index in [0.29, 0.717) is 11.3 Å². The highest BCUT2D eigenvalue weighted by atomic mass is 16.5. The predicted molar refractivity (Wildman–Crippen MR) is 103 cm³/mol. The molecule has 0 aromatic heterocycles. The standard InChI is InChI=1S/C21H22N2O4/c1-13-8-9-14(2)17(10-13)22-20(25)15-11-19(24)23(12-15)18-7-5-4-6-16(18)21(26)27-3/h4-10,15H,11-12H2,1-3H3,(H,22,25). The molecule has 0 spiro atoms. The van der Waals surface area contributed by atoms with Gasteiger partial charge < -0.3 is 15.0 Å². The lowest BCUT2D eigenvalue weighted by Crippen LogP contribution is -2.29. The lowest BCUT2D eigenvalue weighted by Gasteiger charge is -2.19. The molecule has 1 unspecified atom stereocenters. The molecular formula is C21H22N2O4. The highest BCUT2D eigenvalue weighted by Gasteiger charge is 2.36. The first-order valence-electron chi connectivity index (χ1n) is 8.76. The van der Waals surface area contributed by atoms with Gasteiger partial charge in [0.2, 0.25) is 11.8 Å². The first kappa shape index (κ1) is 18.6. The highest BCUT2D eigenvalue weighted by molar-refractivity contribution is 6.07. The molecule has 1 aliphatic rings. The zero-order valence-corrected chi connectivity index (χ0v) is 15.6. The van der Waals surface area contributed by atoms with Crippen molar-refractivity contribution in [1.29, 1.82) is 0 Å². The van der Waals surface area contributed by atoms with E-state index in [2.05, 4.69) is 5.32 Å². The molecular weight excluding hydrogens is 344 g/mol. The highest BCUT2D eigenvalue weighted by Crippen LogP contribution is 2.29. The number of anilines is 2. The Morgan fingerprint density at radius 2 is 1.89 bits per heavy atom. The van der Waals surface area contributed by atoms with Gasteiger partial charge in [-0.15, -0.1) is 0 Å². The van der Waals surface area contributed by atoms with Crippen molar-refractivity contribution < 1.29 is 19.1 Å². The summed E-state index contributed by atoms with van der Waals surface area (Å²) in [4.78, 5) is 38.7. The second kappa shape index (κ2) is 7.61. The van der Waals surface area contributed by atoms with E-state index in [0.717, 1.165) is 16.8 Å². The molecule has 1 heterocycles. The fourth-order valence-corrected chi connectivity index (χ4v) is 3.21. The van der Waals surface area contributed by atoms with E-state index in [4.69, 9.17) is 4.74 Å². The largest absolute Gasteiger partial charge is 0.465 e. The summed E-state index contributed by atoms with van der Waals surface area (Å²) in [6, 6.07) is 12.6. The number of carbonyl (C=O) groups excluding carboxylic acids is 3. The minimum absolute atomic E-state index is 0.103. The molecule has 0 radical (unpaired) electrons. The molecule has 0 aliphatic carbocycles. The number of nitrogens with zero attached hydrogens (tertiary/aromatic N) is 1. The Balaban J connectivity index is 1.79. The van der Waals surface area contributed by atoms with Crippen LogP contribution in [-0.4, -0.2) is 31.4 Å². The van der Waals surface area contributed by atoms with Gasteiger partial charge >= 0.3 is 5.97 Å². The Hall–Kier alpha value is -3.15. The molecule has 2 amide bonds. The summed E-state index contributed by atoms with van der Waals surface area (Å²) in [5.41, 5.74) is 3.54. The zero-order valence-electron chi connectivity index (χ0n) is 15.6. The van der Waals surface area contributed by atoms with E-state index in [-0.39, 0.29) is 24.8 Å². The van der Waals surface area contributed by atoms with Crippen LogP contribution in [0.25, 0.3) is 0 Å². The number of amides is 2. The Labute approximate surface area is 158 Å². The first-order valence-corrected chi connectivity index (χ1v) is 8.76. The van der Waals surface area contributed by atoms with Crippen LogP contribution in [0.5, 0.6) is 0 Å². The van der Waals surface area contributed by atoms with Crippen LogP contribution in [0.3, 0.4) is 0 Å². The first-order chi connectivity index (χ1) is 12.9. The van der Waals surface area contributed by atoms with Gasteiger partial charge in [-0.3, -0.25) is 9.59 Å². The molecule has 2 aromatic rings. The maximum absolute atomic E-state index is 12.7. The van der Waals surface area contributed by atoms with Gasteiger partial charge in [-0.05, 0) is 43.2 Å². The number of hydrogen-bond donors (Lipinski definition) is 1. The average Bonchev–Trinajstić information content (AvgIpc) is 3.05. The van der Waals surface area contributed by atoms with Crippen LogP contribution in [0.2, 0.25) is 0 Å². The molecule has 6 heteroatoms. The third kappa shape index (κ3) is 3.84. The van der Waals surface area contributed by atoms with Crippen LogP contribution in [0, 0.1) is 19.8 Å². The van der Waals surface area contributed by atoms with Gasteiger partial charge in [-0.25, -0.2) is 4.79 Å². The third-order valence-electron chi connectivity index (χ3n) is 4.75. The minimum atomic E-state index is -0.512. The van der Waals surface area contributed by atoms with Crippen LogP contribution in [0.1, 0.15) is 27.9 Å². The van der Waals surface area contributed by atoms with Crippen LogP contribution in [0.4, 0.5) is 11.4 Å². The summed E-state index contributed by atoms with van der Waals surface area (Å²) in [6.45, 7) is 4.11. The Morgan fingerprint density at radius 3 is 2.63 bits per heavy atom. The smallest absolute Gasteiger partial charge is 0.339 e. The van der Waals surface area contributed by atoms with Gasteiger partial charge in [-0.1, -0.05) is 24.3 Å². The minimum Gasteiger partial charge on any atom is -0.465 e. The maximum Gasteiger partial charge on any atom is 0.339 e. The number of rotatable bonds is 4. The topological polar surface area (TPSA) is 75.7 Å². The summed E-state index contributed by atoms with van der Waals surface area (Å²) in [7, 11) is 1.30. The zero-order chi connectivity index (χ0) is 19.6. The molecule has 0 bridgehead atoms. The molecule has 140 valence electrons. The summed E-state index contributed by atoms with van der Waals surface area (Å²) in [5, 5.41) is 2.92. The van der Waals surface area contributed by atoms with Crippen molar-refractivity contribution in [2.75, 3.05) is 23.9 Å². The molecule has 2 aromatic carbocycles. The molecule has 1 saturated heterocycles. The van der Waals surface area contributed by atoms with Gasteiger partial charge in [0.25, 0.3) is 0 Å². The number of esters is 1. The maximum atomic E-state index is 12.7. The van der Waals surface area contributed by atoms with Crippen molar-refractivity contribution in [1.82, 2.24) is 0 Å². The fraction of sp³-hybridized carbons (Fsp3) is 0.286. The predicted octanol–water partition coefficient (Wildman–Crippen LogP) is 3.08. The number of para-hydroxylation sites is 1. The van der Waals surface area contributed by atoms with Crippen LogP contribution in [0.15, 0.2) is 42.5 Å². The lowest BCUT2D eigenvalue weighted by atomic mass is 10.1. The number of aryl methyl sites for hydroxylation is 2. The van der Waals surface area contributed by atoms with Crippen molar-refractivity contribution in [3.8, 4) is 0 Å². The molecule has 0 saturated carbocycles. The van der Waals surface area contributed by atoms with Crippen molar-refractivity contribution >= 4 is 29.2 Å². The third-order valence-corrected chi connectivity index (χ3v) is 4.75. The fourth-order valence-electron chi connectivity index (χ4n) is 3.21. The monoisotopic (exact) mass is 366 g/mol. The Bertz CT molecular complexity index is 907. The molecule has 1 N–H and O–H groups in total. The van der Waals surface area contributed by atoms with E-state index in [1.807, 2.05) is 32.0 Å². The van der Waals surface area contributed by atoms with Gasteiger partial charge in [-0.2, -0.15) is 0 Å². The van der Waals surface area contributed by atoms with E-state index in [1.165, 1.54) is 12.0 Å². The van der Waals surface area contributed by atoms with Gasteiger partial charge in [0, 0.05) is 18.7 Å². The van der Waals surface area contributed by atoms with E-state index in [9.17, 15) is 14.4 Å². The molecule has 1 atom stereocenters. The van der Waals surface area contributed by atoms with Crippen molar-refractivity contribution in [2.45, 2.75) is 20.3 Å². The molecule has 1 fully saturated rings. The normalized spacial score (nSPS) is 16.3. The molecule has 1 aliphatic heterocycles. The number of ether oxygens (including phenoxy) is 1. The second-order valence-corrected chi connectivity index (χ2v) is 6.72. The van der Waals surface area contributed by atoms with Gasteiger partial charge in [0.1, 0.15) is 0 Å². The number of nitrogens with one attached hydrogen (secondary N) is 1. The summed E-state index contributed by atoms with van der Waals surface area (Å²) in [6.07, 6.45) is 0.103. The number of hydrogen-bond acceptors (Lipinski definition) is 4. The Kier molecular flexibility index (Phi) is 5.26. The summed E-state index contributed by atoms with van der Waals surface area (Å²) < 4.78 is 4.79. The number of methoxy groups -OCH3 is 1. The van der Waals surface area contributed by atoms with Crippen LogP contribution in [-0.2, 0) is 14.3 Å². The summed E-state index contributed by atoms with van der Waals surface area (Å²) in [5.74, 6) is -1.38. The number of carbonyl (C=O) groups is 3. The molecule has 27 heavy (non-hydrogen) atoms. The summed E-state index contributed by atoms with van der Waals surface area (Å²) >= 11 is 0. The average molecular weight is 366 g/mol. The van der Waals surface area contributed by atoms with E-state index in [1.54, 1.807) is 24.3 Å². The van der Waals surface area contributed by atoms with E-state index >= 15 is 0 Å². The quantitative estimate of drug-likeness (QED) is 0.844. The van der Waals surface area contributed by atoms with Crippen LogP contribution < -0.4 is 10.2 Å². The SMILES string of the molecule is COC(=O)c1ccccc1N1CC(C(=O)Nc2cc(C)ccc2C)CC1=O. The second-order valence-electron chi connectivity index (χ2n) is 6.72. The van der Waals surface area contributed by atoms with Gasteiger partial charge in [0.05, 0.1) is 24.3 Å². The number of benzene rings is 2. The lowest BCUT2D eigenvalue weighted by molar-refractivity contribution is -0.122. The molecule has 3 rings (SSSR count).